The second-order valence-corrected chi connectivity index (χ2v) is 9.29. The van der Waals surface area contributed by atoms with E-state index < -0.39 is 0 Å². The first-order valence-corrected chi connectivity index (χ1v) is 12.7. The van der Waals surface area contributed by atoms with Crippen molar-refractivity contribution < 1.29 is 4.42 Å². The summed E-state index contributed by atoms with van der Waals surface area (Å²) >= 11 is 0. The van der Waals surface area contributed by atoms with Crippen LogP contribution >= 0.6 is 0 Å². The Bertz CT molecular complexity index is 1840. The van der Waals surface area contributed by atoms with E-state index in [9.17, 15) is 0 Å². The maximum Gasteiger partial charge on any atom is 0.227 e. The lowest BCUT2D eigenvalue weighted by atomic mass is 10.0. The Kier molecular flexibility index (Phi) is 5.45. The van der Waals surface area contributed by atoms with Crippen molar-refractivity contribution >= 4 is 38.9 Å². The first-order valence-electron chi connectivity index (χ1n) is 12.7. The lowest BCUT2D eigenvalue weighted by Gasteiger charge is -2.26. The van der Waals surface area contributed by atoms with Crippen LogP contribution < -0.4 is 4.90 Å². The van der Waals surface area contributed by atoms with Crippen LogP contribution in [0.5, 0.6) is 0 Å². The molecule has 7 rings (SSSR count). The summed E-state index contributed by atoms with van der Waals surface area (Å²) in [7, 11) is 0. The fourth-order valence-corrected chi connectivity index (χ4v) is 5.00. The summed E-state index contributed by atoms with van der Waals surface area (Å²) in [6.07, 6.45) is 0. The van der Waals surface area contributed by atoms with Gasteiger partial charge in [0.15, 0.2) is 5.58 Å². The molecule has 1 heterocycles. The summed E-state index contributed by atoms with van der Waals surface area (Å²) in [5.41, 5.74) is 8.27. The first kappa shape index (κ1) is 22.1. The zero-order valence-electron chi connectivity index (χ0n) is 20.7. The van der Waals surface area contributed by atoms with Crippen LogP contribution in [0, 0.1) is 0 Å². The molecule has 3 heteroatoms. The number of aromatic nitrogens is 1. The SMILES string of the molecule is c1ccc(-c2ccc(N(c3ccccc3)c3ccc4ccc5oc(-c6ccccc6)nc5c4c3)cc2)cc1. The number of anilines is 3. The van der Waals surface area contributed by atoms with Gasteiger partial charge < -0.3 is 9.32 Å². The van der Waals surface area contributed by atoms with Crippen LogP contribution in [0.25, 0.3) is 44.5 Å². The second-order valence-electron chi connectivity index (χ2n) is 9.29. The summed E-state index contributed by atoms with van der Waals surface area (Å²) < 4.78 is 6.16. The smallest absolute Gasteiger partial charge is 0.227 e. The van der Waals surface area contributed by atoms with Gasteiger partial charge >= 0.3 is 0 Å². The monoisotopic (exact) mass is 488 g/mol. The lowest BCUT2D eigenvalue weighted by molar-refractivity contribution is 0.620. The molecule has 38 heavy (non-hydrogen) atoms. The molecule has 0 bridgehead atoms. The standard InChI is InChI=1S/C35H24N2O/c1-4-10-25(11-5-1)26-16-20-30(21-17-26)37(29-14-8-3-9-15-29)31-22-18-27-19-23-33-34(32(27)24-31)36-35(38-33)28-12-6-2-7-13-28/h1-24H. The Morgan fingerprint density at radius 2 is 1.03 bits per heavy atom. The highest BCUT2D eigenvalue weighted by Crippen LogP contribution is 2.38. The van der Waals surface area contributed by atoms with Crippen molar-refractivity contribution in [3.8, 4) is 22.6 Å². The van der Waals surface area contributed by atoms with Crippen molar-refractivity contribution in [1.29, 1.82) is 0 Å². The van der Waals surface area contributed by atoms with Gasteiger partial charge in [0.1, 0.15) is 5.52 Å². The lowest BCUT2D eigenvalue weighted by Crippen LogP contribution is -2.09. The summed E-state index contributed by atoms with van der Waals surface area (Å²) in [5, 5.41) is 2.19. The van der Waals surface area contributed by atoms with E-state index in [1.54, 1.807) is 0 Å². The minimum absolute atomic E-state index is 0.634. The molecule has 0 saturated carbocycles. The quantitative estimate of drug-likeness (QED) is 0.241. The van der Waals surface area contributed by atoms with Crippen LogP contribution in [0.15, 0.2) is 150 Å². The van der Waals surface area contributed by atoms with Crippen LogP contribution in [0.1, 0.15) is 0 Å². The molecule has 0 aliphatic rings. The fourth-order valence-electron chi connectivity index (χ4n) is 5.00. The largest absolute Gasteiger partial charge is 0.436 e. The Morgan fingerprint density at radius 3 is 1.74 bits per heavy atom. The minimum Gasteiger partial charge on any atom is -0.436 e. The minimum atomic E-state index is 0.634. The molecule has 0 saturated heterocycles. The van der Waals surface area contributed by atoms with Crippen LogP contribution in [0.2, 0.25) is 0 Å². The van der Waals surface area contributed by atoms with Gasteiger partial charge in [-0.15, -0.1) is 0 Å². The number of fused-ring (bicyclic) bond motifs is 3. The number of para-hydroxylation sites is 1. The van der Waals surface area contributed by atoms with E-state index in [2.05, 4.69) is 102 Å². The zero-order chi connectivity index (χ0) is 25.3. The third kappa shape index (κ3) is 4.00. The molecule has 180 valence electrons. The Labute approximate surface area is 221 Å². The number of hydrogen-bond donors (Lipinski definition) is 0. The predicted molar refractivity (Wildman–Crippen MR) is 157 cm³/mol. The molecular weight excluding hydrogens is 464 g/mol. The van der Waals surface area contributed by atoms with Crippen LogP contribution in [-0.4, -0.2) is 4.98 Å². The molecule has 3 nitrogen and oxygen atoms in total. The molecule has 0 amide bonds. The number of benzene rings is 6. The van der Waals surface area contributed by atoms with E-state index in [-0.39, 0.29) is 0 Å². The molecule has 1 aromatic heterocycles. The Morgan fingerprint density at radius 1 is 0.474 bits per heavy atom. The van der Waals surface area contributed by atoms with Gasteiger partial charge in [-0.3, -0.25) is 0 Å². The van der Waals surface area contributed by atoms with Gasteiger partial charge in [-0.2, -0.15) is 0 Å². The van der Waals surface area contributed by atoms with E-state index >= 15 is 0 Å². The van der Waals surface area contributed by atoms with Crippen molar-refractivity contribution in [3.63, 3.8) is 0 Å². The molecule has 0 fully saturated rings. The highest BCUT2D eigenvalue weighted by molar-refractivity contribution is 6.06. The third-order valence-corrected chi connectivity index (χ3v) is 6.89. The topological polar surface area (TPSA) is 29.3 Å². The van der Waals surface area contributed by atoms with Gasteiger partial charge in [0.25, 0.3) is 0 Å². The van der Waals surface area contributed by atoms with Gasteiger partial charge in [-0.05, 0) is 71.1 Å². The van der Waals surface area contributed by atoms with Gasteiger partial charge in [0, 0.05) is 28.0 Å². The van der Waals surface area contributed by atoms with Crippen molar-refractivity contribution in [2.24, 2.45) is 0 Å². The van der Waals surface area contributed by atoms with Crippen molar-refractivity contribution in [3.05, 3.63) is 146 Å². The summed E-state index contributed by atoms with van der Waals surface area (Å²) in [6.45, 7) is 0. The fraction of sp³-hybridized carbons (Fsp3) is 0. The molecule has 0 spiro atoms. The highest BCUT2D eigenvalue weighted by atomic mass is 16.3. The van der Waals surface area contributed by atoms with Crippen LogP contribution in [-0.2, 0) is 0 Å². The Balaban J connectivity index is 1.36. The van der Waals surface area contributed by atoms with Crippen LogP contribution in [0.3, 0.4) is 0 Å². The molecular formula is C35H24N2O. The molecule has 0 N–H and O–H groups in total. The number of nitrogens with zero attached hydrogens (tertiary/aromatic N) is 2. The summed E-state index contributed by atoms with van der Waals surface area (Å²) in [6, 6.07) is 50.4. The summed E-state index contributed by atoms with van der Waals surface area (Å²) in [5.74, 6) is 0.634. The number of oxazole rings is 1. The average Bonchev–Trinajstić information content (AvgIpc) is 3.44. The van der Waals surface area contributed by atoms with Gasteiger partial charge in [0.2, 0.25) is 5.89 Å². The predicted octanol–water partition coefficient (Wildman–Crippen LogP) is 9.78. The third-order valence-electron chi connectivity index (χ3n) is 6.89. The normalized spacial score (nSPS) is 11.2. The van der Waals surface area contributed by atoms with Crippen molar-refractivity contribution in [1.82, 2.24) is 4.98 Å². The van der Waals surface area contributed by atoms with Gasteiger partial charge in [-0.1, -0.05) is 91.0 Å². The van der Waals surface area contributed by atoms with Gasteiger partial charge in [0.05, 0.1) is 0 Å². The van der Waals surface area contributed by atoms with Gasteiger partial charge in [-0.25, -0.2) is 4.98 Å². The maximum absolute atomic E-state index is 6.16. The molecule has 0 atom stereocenters. The highest BCUT2D eigenvalue weighted by Gasteiger charge is 2.16. The van der Waals surface area contributed by atoms with E-state index in [0.29, 0.717) is 5.89 Å². The average molecular weight is 489 g/mol. The molecule has 0 unspecified atom stereocenters. The molecule has 7 aromatic rings. The summed E-state index contributed by atoms with van der Waals surface area (Å²) in [4.78, 5) is 7.20. The zero-order valence-corrected chi connectivity index (χ0v) is 20.7. The van der Waals surface area contributed by atoms with Crippen molar-refractivity contribution in [2.45, 2.75) is 0 Å². The van der Waals surface area contributed by atoms with E-state index in [0.717, 1.165) is 44.5 Å². The Hall–Kier alpha value is -5.15. The van der Waals surface area contributed by atoms with E-state index in [1.165, 1.54) is 11.1 Å². The molecule has 0 radical (unpaired) electrons. The molecule has 0 aliphatic heterocycles. The molecule has 6 aromatic carbocycles. The van der Waals surface area contributed by atoms with E-state index in [1.807, 2.05) is 48.5 Å². The van der Waals surface area contributed by atoms with Crippen LogP contribution in [0.4, 0.5) is 17.1 Å². The number of hydrogen-bond acceptors (Lipinski definition) is 3. The number of rotatable bonds is 5. The van der Waals surface area contributed by atoms with Crippen molar-refractivity contribution in [2.75, 3.05) is 4.90 Å². The van der Waals surface area contributed by atoms with E-state index in [4.69, 9.17) is 9.40 Å². The second kappa shape index (κ2) is 9.38. The molecule has 0 aliphatic carbocycles. The first-order chi connectivity index (χ1) is 18.8. The maximum atomic E-state index is 6.16.